The summed E-state index contributed by atoms with van der Waals surface area (Å²) in [4.78, 5) is 15.0. The standard InChI is InChI=1S/C23H31N3O2/c1-17-8-6-7-11-19(17)15-28-16-21-20-14-26(13-12-22(20)25(2)24-21)23(27)18-9-4-3-5-10-18/h6-8,11,18H,3-5,9-10,12-16H2,1-2H3. The van der Waals surface area contributed by atoms with Crippen molar-refractivity contribution in [2.45, 2.75) is 65.2 Å². The number of aryl methyl sites for hydroxylation is 2. The van der Waals surface area contributed by atoms with Gasteiger partial charge in [0.05, 0.1) is 18.9 Å². The van der Waals surface area contributed by atoms with Crippen molar-refractivity contribution in [3.8, 4) is 0 Å². The van der Waals surface area contributed by atoms with E-state index in [9.17, 15) is 4.79 Å². The van der Waals surface area contributed by atoms with Crippen LogP contribution in [0.3, 0.4) is 0 Å². The molecule has 2 heterocycles. The number of carbonyl (C=O) groups is 1. The number of hydrogen-bond donors (Lipinski definition) is 0. The summed E-state index contributed by atoms with van der Waals surface area (Å²) in [5, 5.41) is 4.71. The smallest absolute Gasteiger partial charge is 0.225 e. The van der Waals surface area contributed by atoms with Crippen LogP contribution in [-0.4, -0.2) is 27.1 Å². The third-order valence-electron chi connectivity index (χ3n) is 6.35. The summed E-state index contributed by atoms with van der Waals surface area (Å²) in [5.74, 6) is 0.578. The van der Waals surface area contributed by atoms with Crippen molar-refractivity contribution in [2.24, 2.45) is 13.0 Å². The molecule has 1 saturated carbocycles. The molecule has 5 nitrogen and oxygen atoms in total. The normalized spacial score (nSPS) is 17.6. The fourth-order valence-corrected chi connectivity index (χ4v) is 4.61. The summed E-state index contributed by atoms with van der Waals surface area (Å²) in [7, 11) is 2.00. The van der Waals surface area contributed by atoms with Crippen LogP contribution < -0.4 is 0 Å². The molecule has 150 valence electrons. The Morgan fingerprint density at radius 3 is 2.75 bits per heavy atom. The highest BCUT2D eigenvalue weighted by molar-refractivity contribution is 5.79. The predicted molar refractivity (Wildman–Crippen MR) is 109 cm³/mol. The van der Waals surface area contributed by atoms with Gasteiger partial charge in [0.25, 0.3) is 0 Å². The Kier molecular flexibility index (Phi) is 5.81. The van der Waals surface area contributed by atoms with Gasteiger partial charge in [-0.3, -0.25) is 9.48 Å². The maximum absolute atomic E-state index is 13.0. The zero-order chi connectivity index (χ0) is 19.5. The highest BCUT2D eigenvalue weighted by Crippen LogP contribution is 2.29. The van der Waals surface area contributed by atoms with Crippen LogP contribution in [0, 0.1) is 12.8 Å². The van der Waals surface area contributed by atoms with Crippen LogP contribution >= 0.6 is 0 Å². The van der Waals surface area contributed by atoms with Crippen LogP contribution in [-0.2, 0) is 42.8 Å². The van der Waals surface area contributed by atoms with Gasteiger partial charge < -0.3 is 9.64 Å². The number of hydrogen-bond acceptors (Lipinski definition) is 3. The van der Waals surface area contributed by atoms with Gasteiger partial charge in [-0.05, 0) is 30.9 Å². The van der Waals surface area contributed by atoms with E-state index in [0.717, 1.165) is 31.5 Å². The van der Waals surface area contributed by atoms with Crippen molar-refractivity contribution in [3.63, 3.8) is 0 Å². The number of amides is 1. The van der Waals surface area contributed by atoms with Gasteiger partial charge in [-0.2, -0.15) is 5.10 Å². The van der Waals surface area contributed by atoms with Crippen molar-refractivity contribution in [2.75, 3.05) is 6.54 Å². The zero-order valence-electron chi connectivity index (χ0n) is 17.1. The van der Waals surface area contributed by atoms with Gasteiger partial charge >= 0.3 is 0 Å². The molecule has 1 fully saturated rings. The molecule has 0 unspecified atom stereocenters. The molecule has 0 saturated heterocycles. The van der Waals surface area contributed by atoms with Gasteiger partial charge in [0.2, 0.25) is 5.91 Å². The molecule has 1 aromatic heterocycles. The summed E-state index contributed by atoms with van der Waals surface area (Å²) in [6.45, 7) is 4.68. The number of rotatable bonds is 5. The first-order valence-corrected chi connectivity index (χ1v) is 10.6. The van der Waals surface area contributed by atoms with E-state index in [2.05, 4.69) is 24.0 Å². The topological polar surface area (TPSA) is 47.4 Å². The Labute approximate surface area is 167 Å². The SMILES string of the molecule is Cc1ccccc1COCc1nn(C)c2c1CN(C(=O)C1CCCCC1)CC2. The maximum Gasteiger partial charge on any atom is 0.225 e. The molecule has 0 radical (unpaired) electrons. The summed E-state index contributed by atoms with van der Waals surface area (Å²) < 4.78 is 7.98. The van der Waals surface area contributed by atoms with E-state index in [1.54, 1.807) is 0 Å². The number of aromatic nitrogens is 2. The molecular weight excluding hydrogens is 350 g/mol. The quantitative estimate of drug-likeness (QED) is 0.789. The molecule has 0 bridgehead atoms. The second-order valence-electron chi connectivity index (χ2n) is 8.26. The van der Waals surface area contributed by atoms with Crippen LogP contribution in [0.5, 0.6) is 0 Å². The highest BCUT2D eigenvalue weighted by Gasteiger charge is 2.31. The van der Waals surface area contributed by atoms with Crippen LogP contribution in [0.25, 0.3) is 0 Å². The van der Waals surface area contributed by atoms with Crippen molar-refractivity contribution < 1.29 is 9.53 Å². The van der Waals surface area contributed by atoms with Crippen molar-refractivity contribution in [3.05, 3.63) is 52.3 Å². The van der Waals surface area contributed by atoms with E-state index in [1.807, 2.05) is 23.9 Å². The number of ether oxygens (including phenoxy) is 1. The minimum Gasteiger partial charge on any atom is -0.370 e. The van der Waals surface area contributed by atoms with Gasteiger partial charge in [-0.15, -0.1) is 0 Å². The fourth-order valence-electron chi connectivity index (χ4n) is 4.61. The first kappa shape index (κ1) is 19.2. The van der Waals surface area contributed by atoms with Crippen LogP contribution in [0.15, 0.2) is 24.3 Å². The van der Waals surface area contributed by atoms with Crippen LogP contribution in [0.2, 0.25) is 0 Å². The van der Waals surface area contributed by atoms with Crippen molar-refractivity contribution in [1.29, 1.82) is 0 Å². The zero-order valence-corrected chi connectivity index (χ0v) is 17.1. The van der Waals surface area contributed by atoms with E-state index >= 15 is 0 Å². The van der Waals surface area contributed by atoms with E-state index < -0.39 is 0 Å². The second kappa shape index (κ2) is 8.48. The first-order chi connectivity index (χ1) is 13.6. The third-order valence-corrected chi connectivity index (χ3v) is 6.35. The molecule has 2 aliphatic rings. The van der Waals surface area contributed by atoms with Gasteiger partial charge in [-0.1, -0.05) is 43.5 Å². The first-order valence-electron chi connectivity index (χ1n) is 10.6. The molecule has 0 atom stereocenters. The van der Waals surface area contributed by atoms with Gasteiger partial charge in [-0.25, -0.2) is 0 Å². The van der Waals surface area contributed by atoms with E-state index in [0.29, 0.717) is 25.7 Å². The summed E-state index contributed by atoms with van der Waals surface area (Å²) in [5.41, 5.74) is 5.88. The molecule has 1 aromatic carbocycles. The second-order valence-corrected chi connectivity index (χ2v) is 8.26. The highest BCUT2D eigenvalue weighted by atomic mass is 16.5. The molecule has 0 N–H and O–H groups in total. The fraction of sp³-hybridized carbons (Fsp3) is 0.565. The molecule has 1 aliphatic heterocycles. The Balaban J connectivity index is 1.42. The lowest BCUT2D eigenvalue weighted by atomic mass is 9.87. The molecule has 0 spiro atoms. The average molecular weight is 382 g/mol. The Morgan fingerprint density at radius 2 is 1.96 bits per heavy atom. The maximum atomic E-state index is 13.0. The third kappa shape index (κ3) is 4.00. The molecule has 28 heavy (non-hydrogen) atoms. The predicted octanol–water partition coefficient (Wildman–Crippen LogP) is 3.91. The lowest BCUT2D eigenvalue weighted by Crippen LogP contribution is -2.40. The average Bonchev–Trinajstić information content (AvgIpc) is 3.04. The van der Waals surface area contributed by atoms with Crippen LogP contribution in [0.4, 0.5) is 0 Å². The van der Waals surface area contributed by atoms with Crippen molar-refractivity contribution >= 4 is 5.91 Å². The van der Waals surface area contributed by atoms with Gasteiger partial charge in [0.1, 0.15) is 0 Å². The van der Waals surface area contributed by atoms with E-state index in [1.165, 1.54) is 41.6 Å². The Morgan fingerprint density at radius 1 is 1.18 bits per heavy atom. The summed E-state index contributed by atoms with van der Waals surface area (Å²) in [6.07, 6.45) is 6.66. The molecule has 2 aromatic rings. The lowest BCUT2D eigenvalue weighted by Gasteiger charge is -2.32. The number of fused-ring (bicyclic) bond motifs is 1. The van der Waals surface area contributed by atoms with Gasteiger partial charge in [0.15, 0.2) is 0 Å². The van der Waals surface area contributed by atoms with E-state index in [-0.39, 0.29) is 5.92 Å². The van der Waals surface area contributed by atoms with Crippen molar-refractivity contribution in [1.82, 2.24) is 14.7 Å². The number of carbonyl (C=O) groups excluding carboxylic acids is 1. The van der Waals surface area contributed by atoms with Gasteiger partial charge in [0, 0.05) is 43.7 Å². The number of benzene rings is 1. The summed E-state index contributed by atoms with van der Waals surface area (Å²) in [6, 6.07) is 8.30. The molecule has 1 aliphatic carbocycles. The summed E-state index contributed by atoms with van der Waals surface area (Å²) >= 11 is 0. The minimum absolute atomic E-state index is 0.229. The Bertz CT molecular complexity index is 836. The molecule has 5 heteroatoms. The van der Waals surface area contributed by atoms with Crippen LogP contribution in [0.1, 0.15) is 60.2 Å². The largest absolute Gasteiger partial charge is 0.370 e. The minimum atomic E-state index is 0.229. The number of nitrogens with zero attached hydrogens (tertiary/aromatic N) is 3. The monoisotopic (exact) mass is 381 g/mol. The molecule has 4 rings (SSSR count). The lowest BCUT2D eigenvalue weighted by molar-refractivity contribution is -0.137. The molecular formula is C23H31N3O2. The van der Waals surface area contributed by atoms with E-state index in [4.69, 9.17) is 9.84 Å². The molecule has 1 amide bonds. The Hall–Kier alpha value is -2.14.